The molecule has 9 heteroatoms. The molecule has 1 rings (SSSR count). The van der Waals surface area contributed by atoms with Gasteiger partial charge in [0.15, 0.2) is 5.69 Å². The highest BCUT2D eigenvalue weighted by Crippen LogP contribution is 2.21. The quantitative estimate of drug-likeness (QED) is 0.807. The van der Waals surface area contributed by atoms with Crippen molar-refractivity contribution in [2.45, 2.75) is 12.3 Å². The molecule has 0 aliphatic carbocycles. The third-order valence-electron chi connectivity index (χ3n) is 1.40. The SMILES string of the molecule is O=C(NCC(F)(F)C(F)F)c1cnsn1. The molecule has 1 aromatic rings. The Morgan fingerprint density at radius 2 is 2.27 bits per heavy atom. The predicted molar refractivity (Wildman–Crippen MR) is 43.2 cm³/mol. The van der Waals surface area contributed by atoms with Gasteiger partial charge in [0.2, 0.25) is 0 Å². The molecule has 0 saturated carbocycles. The molecule has 0 atom stereocenters. The maximum absolute atomic E-state index is 12.4. The molecule has 0 aromatic carbocycles. The molecule has 84 valence electrons. The lowest BCUT2D eigenvalue weighted by atomic mass is 10.3. The zero-order valence-corrected chi connectivity index (χ0v) is 7.90. The average molecular weight is 243 g/mol. The minimum atomic E-state index is -4.24. The maximum atomic E-state index is 12.4. The van der Waals surface area contributed by atoms with E-state index in [1.165, 1.54) is 0 Å². The molecule has 0 aliphatic heterocycles. The van der Waals surface area contributed by atoms with Crippen LogP contribution in [0.3, 0.4) is 0 Å². The van der Waals surface area contributed by atoms with Crippen molar-refractivity contribution in [2.24, 2.45) is 0 Å². The number of aromatic nitrogens is 2. The van der Waals surface area contributed by atoms with E-state index in [9.17, 15) is 22.4 Å². The number of carbonyl (C=O) groups excluding carboxylic acids is 1. The van der Waals surface area contributed by atoms with Gasteiger partial charge in [-0.1, -0.05) is 0 Å². The number of rotatable bonds is 4. The zero-order chi connectivity index (χ0) is 11.5. The van der Waals surface area contributed by atoms with Crippen molar-refractivity contribution >= 4 is 17.6 Å². The average Bonchev–Trinajstić information content (AvgIpc) is 2.66. The summed E-state index contributed by atoms with van der Waals surface area (Å²) in [4.78, 5) is 11.0. The number of nitrogens with zero attached hydrogens (tertiary/aromatic N) is 2. The van der Waals surface area contributed by atoms with Crippen LogP contribution in [0, 0.1) is 0 Å². The van der Waals surface area contributed by atoms with E-state index in [0.29, 0.717) is 11.7 Å². The highest BCUT2D eigenvalue weighted by Gasteiger charge is 2.40. The van der Waals surface area contributed by atoms with Gasteiger partial charge in [0.1, 0.15) is 0 Å². The number of hydrogen-bond donors (Lipinski definition) is 1. The van der Waals surface area contributed by atoms with Gasteiger partial charge in [-0.2, -0.15) is 17.5 Å². The first kappa shape index (κ1) is 11.8. The fourth-order valence-corrected chi connectivity index (χ4v) is 1.04. The normalized spacial score (nSPS) is 11.8. The van der Waals surface area contributed by atoms with E-state index in [1.807, 2.05) is 0 Å². The molecule has 0 radical (unpaired) electrons. The summed E-state index contributed by atoms with van der Waals surface area (Å²) in [5.74, 6) is -5.19. The molecule has 0 spiro atoms. The van der Waals surface area contributed by atoms with E-state index in [2.05, 4.69) is 8.75 Å². The molecule has 0 aliphatic rings. The van der Waals surface area contributed by atoms with Gasteiger partial charge in [0, 0.05) is 0 Å². The first-order valence-corrected chi connectivity index (χ1v) is 4.38. The summed E-state index contributed by atoms with van der Waals surface area (Å²) in [6.45, 7) is -1.43. The molecule has 15 heavy (non-hydrogen) atoms. The fourth-order valence-electron chi connectivity index (χ4n) is 0.631. The van der Waals surface area contributed by atoms with Gasteiger partial charge in [0.05, 0.1) is 24.5 Å². The Bertz CT molecular complexity index is 329. The van der Waals surface area contributed by atoms with Crippen molar-refractivity contribution in [3.8, 4) is 0 Å². The number of alkyl halides is 4. The van der Waals surface area contributed by atoms with Gasteiger partial charge in [-0.15, -0.1) is 0 Å². The van der Waals surface area contributed by atoms with E-state index in [1.54, 1.807) is 5.32 Å². The first-order valence-electron chi connectivity index (χ1n) is 3.65. The Morgan fingerprint density at radius 1 is 1.60 bits per heavy atom. The van der Waals surface area contributed by atoms with Crippen LogP contribution >= 0.6 is 11.7 Å². The second kappa shape index (κ2) is 4.51. The third-order valence-corrected chi connectivity index (χ3v) is 1.88. The van der Waals surface area contributed by atoms with Crippen molar-refractivity contribution in [3.05, 3.63) is 11.9 Å². The summed E-state index contributed by atoms with van der Waals surface area (Å²) in [5.41, 5.74) is -0.176. The van der Waals surface area contributed by atoms with E-state index in [4.69, 9.17) is 0 Å². The molecule has 0 unspecified atom stereocenters. The lowest BCUT2D eigenvalue weighted by Gasteiger charge is -2.14. The van der Waals surface area contributed by atoms with Crippen molar-refractivity contribution in [1.82, 2.24) is 14.1 Å². The Morgan fingerprint density at radius 3 is 2.73 bits per heavy atom. The molecule has 1 amide bonds. The maximum Gasteiger partial charge on any atom is 0.324 e. The molecular formula is C6H5F4N3OS. The van der Waals surface area contributed by atoms with Gasteiger partial charge < -0.3 is 5.32 Å². The molecule has 1 N–H and O–H groups in total. The van der Waals surface area contributed by atoms with Crippen LogP contribution in [-0.4, -0.2) is 33.5 Å². The van der Waals surface area contributed by atoms with Crippen LogP contribution in [0.4, 0.5) is 17.6 Å². The van der Waals surface area contributed by atoms with E-state index in [-0.39, 0.29) is 5.69 Å². The van der Waals surface area contributed by atoms with Crippen LogP contribution in [0.1, 0.15) is 10.5 Å². The van der Waals surface area contributed by atoms with Gasteiger partial charge in [-0.3, -0.25) is 4.79 Å². The van der Waals surface area contributed by atoms with E-state index >= 15 is 0 Å². The fraction of sp³-hybridized carbons (Fsp3) is 0.500. The van der Waals surface area contributed by atoms with Crippen molar-refractivity contribution in [3.63, 3.8) is 0 Å². The lowest BCUT2D eigenvalue weighted by molar-refractivity contribution is -0.123. The Kier molecular flexibility index (Phi) is 3.56. The molecule has 1 aromatic heterocycles. The Labute approximate surface area is 85.6 Å². The second-order valence-corrected chi connectivity index (χ2v) is 3.09. The summed E-state index contributed by atoms with van der Waals surface area (Å²) in [5, 5.41) is 1.64. The Balaban J connectivity index is 2.48. The smallest absolute Gasteiger partial charge is 0.324 e. The van der Waals surface area contributed by atoms with Crippen LogP contribution < -0.4 is 5.32 Å². The van der Waals surface area contributed by atoms with Crippen molar-refractivity contribution in [1.29, 1.82) is 0 Å². The molecule has 0 fully saturated rings. The van der Waals surface area contributed by atoms with Crippen LogP contribution in [0.15, 0.2) is 6.20 Å². The topological polar surface area (TPSA) is 54.9 Å². The van der Waals surface area contributed by atoms with Crippen LogP contribution in [-0.2, 0) is 0 Å². The highest BCUT2D eigenvalue weighted by molar-refractivity contribution is 6.99. The molecular weight excluding hydrogens is 238 g/mol. The minimum Gasteiger partial charge on any atom is -0.344 e. The van der Waals surface area contributed by atoms with Gasteiger partial charge in [-0.25, -0.2) is 8.78 Å². The highest BCUT2D eigenvalue weighted by atomic mass is 32.1. The van der Waals surface area contributed by atoms with Crippen LogP contribution in [0.5, 0.6) is 0 Å². The number of hydrogen-bond acceptors (Lipinski definition) is 4. The largest absolute Gasteiger partial charge is 0.344 e. The standard InChI is InChI=1S/C6H5F4N3OS/c7-5(8)6(9,10)2-11-4(14)3-1-12-15-13-3/h1,5H,2H2,(H,11,14). The third kappa shape index (κ3) is 3.11. The monoisotopic (exact) mass is 243 g/mol. The molecule has 4 nitrogen and oxygen atoms in total. The van der Waals surface area contributed by atoms with Gasteiger partial charge >= 0.3 is 12.3 Å². The first-order chi connectivity index (χ1) is 6.93. The summed E-state index contributed by atoms with van der Waals surface area (Å²) in [7, 11) is 0. The van der Waals surface area contributed by atoms with Gasteiger partial charge in [-0.05, 0) is 0 Å². The molecule has 0 saturated heterocycles. The Hall–Kier alpha value is -1.25. The zero-order valence-electron chi connectivity index (χ0n) is 7.08. The number of carbonyl (C=O) groups is 1. The lowest BCUT2D eigenvalue weighted by Crippen LogP contribution is -2.41. The second-order valence-electron chi connectivity index (χ2n) is 2.54. The van der Waals surface area contributed by atoms with Crippen molar-refractivity contribution in [2.75, 3.05) is 6.54 Å². The number of amides is 1. The van der Waals surface area contributed by atoms with E-state index in [0.717, 1.165) is 6.20 Å². The summed E-state index contributed by atoms with van der Waals surface area (Å²) < 4.78 is 55.0. The molecule has 1 heterocycles. The minimum absolute atomic E-state index is 0.176. The summed E-state index contributed by atoms with van der Waals surface area (Å²) >= 11 is 0.711. The van der Waals surface area contributed by atoms with E-state index < -0.39 is 24.8 Å². The van der Waals surface area contributed by atoms with Crippen LogP contribution in [0.2, 0.25) is 0 Å². The van der Waals surface area contributed by atoms with Crippen molar-refractivity contribution < 1.29 is 22.4 Å². The van der Waals surface area contributed by atoms with Gasteiger partial charge in [0.25, 0.3) is 5.91 Å². The number of halogens is 4. The predicted octanol–water partition coefficient (Wildman–Crippen LogP) is 1.17. The number of nitrogens with one attached hydrogen (secondary N) is 1. The molecule has 0 bridgehead atoms. The van der Waals surface area contributed by atoms with Crippen LogP contribution in [0.25, 0.3) is 0 Å². The summed E-state index contributed by atoms with van der Waals surface area (Å²) in [6.07, 6.45) is -2.76. The summed E-state index contributed by atoms with van der Waals surface area (Å²) in [6, 6.07) is 0.